The quantitative estimate of drug-likeness (QED) is 0.278. The van der Waals surface area contributed by atoms with Crippen molar-refractivity contribution in [2.45, 2.75) is 7.43 Å². The van der Waals surface area contributed by atoms with E-state index in [4.69, 9.17) is 0 Å². The third-order valence-corrected chi connectivity index (χ3v) is 5.28. The topological polar surface area (TPSA) is 74.4 Å². The van der Waals surface area contributed by atoms with E-state index >= 15 is 0 Å². The van der Waals surface area contributed by atoms with Crippen molar-refractivity contribution in [3.8, 4) is 11.5 Å². The van der Waals surface area contributed by atoms with Crippen LogP contribution >= 0.6 is 0 Å². The molecule has 0 saturated carbocycles. The molecular formula is C27H22BeN2O2+2. The molecule has 5 heteroatoms. The number of fused-ring (bicyclic) bond motifs is 6. The average Bonchev–Trinajstić information content (AvgIpc) is 2.79. The fourth-order valence-electron chi connectivity index (χ4n) is 3.88. The van der Waals surface area contributed by atoms with E-state index < -0.39 is 0 Å². The molecule has 0 unspecified atom stereocenters. The molecule has 152 valence electrons. The van der Waals surface area contributed by atoms with Crippen LogP contribution in [-0.4, -0.2) is 10.1 Å². The van der Waals surface area contributed by atoms with E-state index in [2.05, 4.69) is 9.97 Å². The second-order valence-electron chi connectivity index (χ2n) is 7.11. The summed E-state index contributed by atoms with van der Waals surface area (Å²) >= 11 is 0. The maximum Gasteiger partial charge on any atom is 2.00 e. The van der Waals surface area contributed by atoms with Crippen molar-refractivity contribution in [2.24, 2.45) is 0 Å². The van der Waals surface area contributed by atoms with Crippen LogP contribution in [0, 0.1) is 0 Å². The maximum atomic E-state index is 11.8. The van der Waals surface area contributed by atoms with Gasteiger partial charge in [0.2, 0.25) is 11.0 Å². The Morgan fingerprint density at radius 3 is 1.28 bits per heavy atom. The van der Waals surface area contributed by atoms with Gasteiger partial charge in [0.05, 0.1) is 0 Å². The van der Waals surface area contributed by atoms with Crippen molar-refractivity contribution in [3.05, 3.63) is 97.3 Å². The van der Waals surface area contributed by atoms with E-state index in [1.807, 2.05) is 73.1 Å². The molecule has 0 radical (unpaired) electrons. The maximum absolute atomic E-state index is 11.8. The van der Waals surface area contributed by atoms with Gasteiger partial charge < -0.3 is 10.2 Å². The first kappa shape index (κ1) is 22.7. The number of aromatic nitrogens is 2. The Morgan fingerprint density at radius 2 is 0.844 bits per heavy atom. The fraction of sp³-hybridized carbons (Fsp3) is 0.0370. The fourth-order valence-corrected chi connectivity index (χ4v) is 3.88. The van der Waals surface area contributed by atoms with Crippen LogP contribution in [0.15, 0.2) is 97.3 Å². The molecule has 4 aromatic carbocycles. The van der Waals surface area contributed by atoms with Crippen LogP contribution in [0.2, 0.25) is 0 Å². The van der Waals surface area contributed by atoms with E-state index in [1.165, 1.54) is 0 Å². The van der Waals surface area contributed by atoms with Crippen LogP contribution < -0.4 is 20.2 Å². The van der Waals surface area contributed by atoms with Gasteiger partial charge in [-0.05, 0) is 35.0 Å². The van der Waals surface area contributed by atoms with Crippen molar-refractivity contribution in [1.29, 1.82) is 0 Å². The summed E-state index contributed by atoms with van der Waals surface area (Å²) in [6.07, 6.45) is 3.68. The number of aromatic amines is 2. The minimum Gasteiger partial charge on any atom is -0.872 e. The summed E-state index contributed by atoms with van der Waals surface area (Å²) in [7, 11) is 0. The molecule has 0 amide bonds. The Kier molecular flexibility index (Phi) is 6.67. The zero-order chi connectivity index (χ0) is 20.5. The zero-order valence-corrected chi connectivity index (χ0v) is 16.8. The van der Waals surface area contributed by atoms with E-state index in [9.17, 15) is 10.2 Å². The first-order chi connectivity index (χ1) is 14.7. The van der Waals surface area contributed by atoms with Gasteiger partial charge in [0.1, 0.15) is 0 Å². The van der Waals surface area contributed by atoms with Crippen LogP contribution in [-0.2, 0) is 0 Å². The summed E-state index contributed by atoms with van der Waals surface area (Å²) < 4.78 is 0. The van der Waals surface area contributed by atoms with Crippen LogP contribution in [0.4, 0.5) is 0 Å². The Hall–Kier alpha value is -4.01. The molecule has 0 aliphatic carbocycles. The van der Waals surface area contributed by atoms with Crippen molar-refractivity contribution < 1.29 is 20.2 Å². The molecule has 6 aromatic rings. The molecule has 4 nitrogen and oxygen atoms in total. The van der Waals surface area contributed by atoms with Gasteiger partial charge in [0, 0.05) is 33.7 Å². The van der Waals surface area contributed by atoms with Crippen LogP contribution in [0.5, 0.6) is 11.5 Å². The van der Waals surface area contributed by atoms with Gasteiger partial charge in [0.15, 0.2) is 12.4 Å². The number of pyridine rings is 2. The van der Waals surface area contributed by atoms with Crippen molar-refractivity contribution >= 4 is 53.5 Å². The van der Waals surface area contributed by atoms with Gasteiger partial charge in [-0.1, -0.05) is 67.5 Å². The number of hydrogen-bond acceptors (Lipinski definition) is 2. The van der Waals surface area contributed by atoms with Crippen molar-refractivity contribution in [3.63, 3.8) is 0 Å². The van der Waals surface area contributed by atoms with Gasteiger partial charge in [-0.15, -0.1) is 0 Å². The molecular weight excluding hydrogens is 393 g/mol. The molecule has 0 spiro atoms. The molecule has 0 fully saturated rings. The third-order valence-electron chi connectivity index (χ3n) is 5.28. The van der Waals surface area contributed by atoms with Gasteiger partial charge in [-0.2, -0.15) is 0 Å². The molecule has 2 aromatic heterocycles. The number of benzene rings is 4. The van der Waals surface area contributed by atoms with E-state index in [0.29, 0.717) is 0 Å². The van der Waals surface area contributed by atoms with Gasteiger partial charge in [-0.3, -0.25) is 0 Å². The molecule has 0 aliphatic rings. The van der Waals surface area contributed by atoms with Gasteiger partial charge in [-0.25, -0.2) is 9.97 Å². The van der Waals surface area contributed by atoms with Crippen LogP contribution in [0.3, 0.4) is 0 Å². The second-order valence-corrected chi connectivity index (χ2v) is 7.11. The Morgan fingerprint density at radius 1 is 0.469 bits per heavy atom. The van der Waals surface area contributed by atoms with Gasteiger partial charge >= 0.3 is 10.1 Å². The Balaban J connectivity index is 0.000000170. The minimum absolute atomic E-state index is 0. The first-order valence-corrected chi connectivity index (χ1v) is 9.71. The summed E-state index contributed by atoms with van der Waals surface area (Å²) in [4.78, 5) is 6.27. The summed E-state index contributed by atoms with van der Waals surface area (Å²) in [5, 5.41) is 29.2. The predicted octanol–water partition coefficient (Wildman–Crippen LogP) is 4.02. The van der Waals surface area contributed by atoms with Crippen molar-refractivity contribution in [2.75, 3.05) is 0 Å². The molecule has 2 N–H and O–H groups in total. The monoisotopic (exact) mass is 415 g/mol. The second kappa shape index (κ2) is 9.42. The molecule has 2 heterocycles. The molecule has 0 saturated heterocycles. The Labute approximate surface area is 190 Å². The average molecular weight is 415 g/mol. The zero-order valence-electron chi connectivity index (χ0n) is 16.8. The predicted molar refractivity (Wildman–Crippen MR) is 127 cm³/mol. The van der Waals surface area contributed by atoms with E-state index in [1.54, 1.807) is 24.3 Å². The molecule has 0 bridgehead atoms. The summed E-state index contributed by atoms with van der Waals surface area (Å²) in [6.45, 7) is 0. The summed E-state index contributed by atoms with van der Waals surface area (Å²) in [5.41, 5.74) is 1.83. The number of H-pyrrole nitrogens is 2. The van der Waals surface area contributed by atoms with Gasteiger partial charge in [0.25, 0.3) is 0 Å². The normalized spacial score (nSPS) is 10.2. The minimum atomic E-state index is 0. The molecule has 0 aliphatic heterocycles. The van der Waals surface area contributed by atoms with E-state index in [-0.39, 0.29) is 29.0 Å². The third kappa shape index (κ3) is 3.96. The summed E-state index contributed by atoms with van der Waals surface area (Å²) in [5.74, 6) is 0.140. The molecule has 0 atom stereocenters. The SMILES string of the molecule is C.[Be+2].[O-]c1cccc2ccc3ccc[nH+]c3c12.[O-]c1cccc2ccc3ccc[nH+]c3c12. The standard InChI is InChI=1S/2C13H9NO.CH4.Be/c2*15-11-5-1-3-9-6-7-10-4-2-8-14-13(10)12(9)11;;/h2*1-8,15H;1H4;/q;;;+2. The summed E-state index contributed by atoms with van der Waals surface area (Å²) in [6, 6.07) is 26.6. The molecule has 32 heavy (non-hydrogen) atoms. The van der Waals surface area contributed by atoms with Crippen molar-refractivity contribution in [1.82, 2.24) is 0 Å². The number of hydrogen-bond donors (Lipinski definition) is 0. The van der Waals surface area contributed by atoms with Crippen LogP contribution in [0.25, 0.3) is 43.4 Å². The number of nitrogens with one attached hydrogen (secondary N) is 2. The largest absolute Gasteiger partial charge is 2.00 e. The van der Waals surface area contributed by atoms with E-state index in [0.717, 1.165) is 43.4 Å². The first-order valence-electron chi connectivity index (χ1n) is 9.71. The number of rotatable bonds is 0. The molecule has 6 rings (SSSR count). The smallest absolute Gasteiger partial charge is 0.872 e. The Bertz CT molecular complexity index is 1420. The van der Waals surface area contributed by atoms with Crippen LogP contribution in [0.1, 0.15) is 7.43 Å².